The van der Waals surface area contributed by atoms with Gasteiger partial charge in [-0.25, -0.2) is 0 Å². The van der Waals surface area contributed by atoms with E-state index < -0.39 is 0 Å². The van der Waals surface area contributed by atoms with Crippen molar-refractivity contribution in [3.05, 3.63) is 95.6 Å². The van der Waals surface area contributed by atoms with Gasteiger partial charge >= 0.3 is 0 Å². The molecule has 0 unspecified atom stereocenters. The summed E-state index contributed by atoms with van der Waals surface area (Å²) in [4.78, 5) is 0. The van der Waals surface area contributed by atoms with Crippen LogP contribution in [0, 0.1) is 20.8 Å². The van der Waals surface area contributed by atoms with Crippen molar-refractivity contribution in [3.8, 4) is 33.4 Å². The van der Waals surface area contributed by atoms with Gasteiger partial charge in [-0.05, 0) is 86.8 Å². The SMILES string of the molecule is Cc1ccc2c(C)c3c(c(-c4ccccc4)c2c1)-c1ccc(C)c2cccc-3c12. The Morgan fingerprint density at radius 3 is 2.14 bits per heavy atom. The summed E-state index contributed by atoms with van der Waals surface area (Å²) in [5.74, 6) is 0. The fourth-order valence-electron chi connectivity index (χ4n) is 5.25. The Kier molecular flexibility index (Phi) is 3.32. The van der Waals surface area contributed by atoms with Crippen LogP contribution in [-0.2, 0) is 0 Å². The quantitative estimate of drug-likeness (QED) is 0.273. The van der Waals surface area contributed by atoms with Crippen LogP contribution in [0.5, 0.6) is 0 Å². The summed E-state index contributed by atoms with van der Waals surface area (Å²) >= 11 is 0. The van der Waals surface area contributed by atoms with Crippen LogP contribution in [0.2, 0.25) is 0 Å². The van der Waals surface area contributed by atoms with Gasteiger partial charge in [0.1, 0.15) is 0 Å². The highest BCUT2D eigenvalue weighted by Gasteiger charge is 2.28. The number of fused-ring (bicyclic) bond motifs is 4. The third kappa shape index (κ3) is 2.15. The van der Waals surface area contributed by atoms with E-state index in [1.165, 1.54) is 71.6 Å². The minimum Gasteiger partial charge on any atom is -0.0622 e. The number of aryl methyl sites for hydroxylation is 3. The van der Waals surface area contributed by atoms with Gasteiger partial charge in [0.05, 0.1) is 0 Å². The largest absolute Gasteiger partial charge is 0.0622 e. The summed E-state index contributed by atoms with van der Waals surface area (Å²) in [6.07, 6.45) is 0. The molecular weight excluding hydrogens is 348 g/mol. The molecule has 0 aliphatic heterocycles. The Balaban J connectivity index is 1.90. The smallest absolute Gasteiger partial charge is 0.00110 e. The van der Waals surface area contributed by atoms with Gasteiger partial charge in [-0.1, -0.05) is 84.4 Å². The van der Waals surface area contributed by atoms with Crippen LogP contribution in [0.3, 0.4) is 0 Å². The first-order chi connectivity index (χ1) is 14.1. The summed E-state index contributed by atoms with van der Waals surface area (Å²) in [6.45, 7) is 6.70. The lowest BCUT2D eigenvalue weighted by molar-refractivity contribution is 1.47. The second-order valence-electron chi connectivity index (χ2n) is 8.32. The zero-order chi connectivity index (χ0) is 19.7. The van der Waals surface area contributed by atoms with Crippen LogP contribution in [0.4, 0.5) is 0 Å². The van der Waals surface area contributed by atoms with Crippen LogP contribution in [0.15, 0.2) is 78.9 Å². The molecule has 0 N–H and O–H groups in total. The normalized spacial score (nSPS) is 12.0. The van der Waals surface area contributed by atoms with Gasteiger partial charge in [-0.3, -0.25) is 0 Å². The molecule has 5 aromatic rings. The van der Waals surface area contributed by atoms with E-state index in [1.807, 2.05) is 0 Å². The number of rotatable bonds is 1. The first-order valence-electron chi connectivity index (χ1n) is 10.3. The summed E-state index contributed by atoms with van der Waals surface area (Å²) in [7, 11) is 0. The summed E-state index contributed by atoms with van der Waals surface area (Å²) in [5, 5.41) is 5.49. The molecule has 0 spiro atoms. The van der Waals surface area contributed by atoms with E-state index in [2.05, 4.69) is 99.6 Å². The van der Waals surface area contributed by atoms with Crippen LogP contribution in [-0.4, -0.2) is 0 Å². The van der Waals surface area contributed by atoms with Gasteiger partial charge in [0.2, 0.25) is 0 Å². The monoisotopic (exact) mass is 370 g/mol. The molecule has 138 valence electrons. The molecule has 0 atom stereocenters. The van der Waals surface area contributed by atoms with Crippen LogP contribution in [0.25, 0.3) is 54.9 Å². The molecule has 0 heteroatoms. The molecule has 0 saturated carbocycles. The van der Waals surface area contributed by atoms with Crippen molar-refractivity contribution < 1.29 is 0 Å². The Labute approximate surface area is 171 Å². The molecule has 0 radical (unpaired) electrons. The fraction of sp³-hybridized carbons (Fsp3) is 0.103. The van der Waals surface area contributed by atoms with Crippen molar-refractivity contribution in [2.45, 2.75) is 20.8 Å². The van der Waals surface area contributed by atoms with E-state index in [4.69, 9.17) is 0 Å². The lowest BCUT2D eigenvalue weighted by Gasteiger charge is -2.18. The van der Waals surface area contributed by atoms with E-state index in [1.54, 1.807) is 0 Å². The standard InChI is InChI=1S/C29H22/c1-17-12-14-22-19(3)26-23-11-7-10-21-18(2)13-15-24(28(21)23)29(26)27(25(22)16-17)20-8-5-4-6-9-20/h4-16H,1-3H3. The number of hydrogen-bond donors (Lipinski definition) is 0. The molecule has 29 heavy (non-hydrogen) atoms. The van der Waals surface area contributed by atoms with E-state index in [9.17, 15) is 0 Å². The second kappa shape index (κ2) is 5.81. The maximum absolute atomic E-state index is 2.36. The third-order valence-corrected chi connectivity index (χ3v) is 6.58. The van der Waals surface area contributed by atoms with Crippen molar-refractivity contribution in [3.63, 3.8) is 0 Å². The van der Waals surface area contributed by atoms with Gasteiger partial charge in [0.15, 0.2) is 0 Å². The topological polar surface area (TPSA) is 0 Å². The van der Waals surface area contributed by atoms with Gasteiger partial charge in [-0.2, -0.15) is 0 Å². The van der Waals surface area contributed by atoms with Gasteiger partial charge < -0.3 is 0 Å². The Bertz CT molecular complexity index is 1450. The molecule has 0 aromatic heterocycles. The van der Waals surface area contributed by atoms with Gasteiger partial charge in [-0.15, -0.1) is 0 Å². The van der Waals surface area contributed by atoms with Gasteiger partial charge in [0, 0.05) is 0 Å². The first-order valence-corrected chi connectivity index (χ1v) is 10.3. The highest BCUT2D eigenvalue weighted by atomic mass is 14.3. The van der Waals surface area contributed by atoms with E-state index >= 15 is 0 Å². The zero-order valence-corrected chi connectivity index (χ0v) is 17.0. The Morgan fingerprint density at radius 2 is 1.31 bits per heavy atom. The van der Waals surface area contributed by atoms with Gasteiger partial charge in [0.25, 0.3) is 0 Å². The highest BCUT2D eigenvalue weighted by molar-refractivity contribution is 6.24. The lowest BCUT2D eigenvalue weighted by Crippen LogP contribution is -1.93. The molecule has 0 fully saturated rings. The molecular formula is C29H22. The average Bonchev–Trinajstić information content (AvgIpc) is 3.07. The van der Waals surface area contributed by atoms with Crippen molar-refractivity contribution in [1.82, 2.24) is 0 Å². The van der Waals surface area contributed by atoms with Crippen molar-refractivity contribution >= 4 is 21.5 Å². The molecule has 1 aliphatic carbocycles. The molecule has 5 aromatic carbocycles. The zero-order valence-electron chi connectivity index (χ0n) is 17.0. The predicted octanol–water partition coefficient (Wildman–Crippen LogP) is 8.23. The third-order valence-electron chi connectivity index (χ3n) is 6.58. The lowest BCUT2D eigenvalue weighted by atomic mass is 9.85. The summed E-state index contributed by atoms with van der Waals surface area (Å²) in [6, 6.07) is 29.2. The highest BCUT2D eigenvalue weighted by Crippen LogP contribution is 2.55. The fourth-order valence-corrected chi connectivity index (χ4v) is 5.25. The molecule has 1 aliphatic rings. The second-order valence-corrected chi connectivity index (χ2v) is 8.32. The molecule has 0 amide bonds. The summed E-state index contributed by atoms with van der Waals surface area (Å²) < 4.78 is 0. The van der Waals surface area contributed by atoms with Crippen molar-refractivity contribution in [2.75, 3.05) is 0 Å². The number of hydrogen-bond acceptors (Lipinski definition) is 0. The van der Waals surface area contributed by atoms with Crippen molar-refractivity contribution in [1.29, 1.82) is 0 Å². The first kappa shape index (κ1) is 16.6. The van der Waals surface area contributed by atoms with E-state index in [0.717, 1.165) is 0 Å². The molecule has 0 bridgehead atoms. The summed E-state index contributed by atoms with van der Waals surface area (Å²) in [5.41, 5.74) is 12.3. The minimum absolute atomic E-state index is 1.29. The van der Waals surface area contributed by atoms with Crippen molar-refractivity contribution in [2.24, 2.45) is 0 Å². The van der Waals surface area contributed by atoms with E-state index in [0.29, 0.717) is 0 Å². The molecule has 0 heterocycles. The predicted molar refractivity (Wildman–Crippen MR) is 126 cm³/mol. The maximum Gasteiger partial charge on any atom is -0.00110 e. The molecule has 0 nitrogen and oxygen atoms in total. The van der Waals surface area contributed by atoms with Crippen LogP contribution >= 0.6 is 0 Å². The van der Waals surface area contributed by atoms with E-state index in [-0.39, 0.29) is 0 Å². The molecule has 6 rings (SSSR count). The molecule has 0 saturated heterocycles. The van der Waals surface area contributed by atoms with Crippen LogP contribution < -0.4 is 0 Å². The minimum atomic E-state index is 1.29. The van der Waals surface area contributed by atoms with Crippen LogP contribution in [0.1, 0.15) is 16.7 Å². The average molecular weight is 370 g/mol. The Morgan fingerprint density at radius 1 is 0.517 bits per heavy atom. The number of benzene rings is 5. The Hall–Kier alpha value is -3.38. The maximum atomic E-state index is 2.36.